The normalized spacial score (nSPS) is 9.97. The molecule has 0 radical (unpaired) electrons. The summed E-state index contributed by atoms with van der Waals surface area (Å²) in [5, 5.41) is 15.1. The zero-order chi connectivity index (χ0) is 20.1. The summed E-state index contributed by atoms with van der Waals surface area (Å²) in [6.07, 6.45) is 3.04. The maximum absolute atomic E-state index is 12.2. The number of benzene rings is 2. The SMILES string of the molecule is O=C([O-])COc1ccc(NC(=O)NC(=O)c2ccc3nccnc3c2)cc1Cl.[Na+]. The number of hydrogen-bond donors (Lipinski definition) is 2. The van der Waals surface area contributed by atoms with Crippen molar-refractivity contribution in [2.45, 2.75) is 0 Å². The van der Waals surface area contributed by atoms with Gasteiger partial charge in [0.1, 0.15) is 12.4 Å². The van der Waals surface area contributed by atoms with E-state index in [-0.39, 0.29) is 51.6 Å². The average molecular weight is 423 g/mol. The number of ether oxygens (including phenoxy) is 1. The smallest absolute Gasteiger partial charge is 0.546 e. The van der Waals surface area contributed by atoms with Gasteiger partial charge in [0.15, 0.2) is 0 Å². The Bertz CT molecular complexity index is 1080. The van der Waals surface area contributed by atoms with Crippen molar-refractivity contribution in [3.05, 3.63) is 59.4 Å². The van der Waals surface area contributed by atoms with Crippen molar-refractivity contribution >= 4 is 46.2 Å². The first-order valence-electron chi connectivity index (χ1n) is 7.87. The van der Waals surface area contributed by atoms with Crippen molar-refractivity contribution in [2.24, 2.45) is 0 Å². The van der Waals surface area contributed by atoms with E-state index in [9.17, 15) is 19.5 Å². The Balaban J connectivity index is 0.00000300. The molecule has 142 valence electrons. The molecule has 3 aromatic rings. The Labute approximate surface area is 191 Å². The van der Waals surface area contributed by atoms with Crippen molar-refractivity contribution in [1.29, 1.82) is 0 Å². The van der Waals surface area contributed by atoms with Crippen molar-refractivity contribution in [1.82, 2.24) is 15.3 Å². The number of aliphatic carboxylic acids is 1. The van der Waals surface area contributed by atoms with Crippen molar-refractivity contribution in [3.63, 3.8) is 0 Å². The van der Waals surface area contributed by atoms with Crippen LogP contribution in [0.15, 0.2) is 48.8 Å². The third-order valence-corrected chi connectivity index (χ3v) is 3.79. The summed E-state index contributed by atoms with van der Waals surface area (Å²) >= 11 is 5.96. The van der Waals surface area contributed by atoms with Crippen LogP contribution in [-0.2, 0) is 4.79 Å². The molecule has 0 aliphatic carbocycles. The van der Waals surface area contributed by atoms with Crippen LogP contribution in [0.4, 0.5) is 10.5 Å². The number of imide groups is 1. The molecule has 0 unspecified atom stereocenters. The fraction of sp³-hybridized carbons (Fsp3) is 0.0556. The van der Waals surface area contributed by atoms with Crippen LogP contribution in [0.3, 0.4) is 0 Å². The van der Waals surface area contributed by atoms with E-state index in [4.69, 9.17) is 16.3 Å². The molecule has 11 heteroatoms. The first-order valence-corrected chi connectivity index (χ1v) is 8.25. The minimum Gasteiger partial charge on any atom is -0.546 e. The Morgan fingerprint density at radius 2 is 1.76 bits per heavy atom. The fourth-order valence-corrected chi connectivity index (χ4v) is 2.51. The number of carboxylic acid groups (broad SMARTS) is 1. The molecular formula is C18H12ClN4NaO5. The molecule has 0 saturated carbocycles. The quantitative estimate of drug-likeness (QED) is 0.472. The summed E-state index contributed by atoms with van der Waals surface area (Å²) in [4.78, 5) is 42.9. The minimum atomic E-state index is -1.39. The van der Waals surface area contributed by atoms with E-state index >= 15 is 0 Å². The number of nitrogens with zero attached hydrogens (tertiary/aromatic N) is 2. The summed E-state index contributed by atoms with van der Waals surface area (Å²) in [7, 11) is 0. The molecule has 0 spiro atoms. The molecule has 9 nitrogen and oxygen atoms in total. The van der Waals surface area contributed by atoms with E-state index in [0.29, 0.717) is 11.0 Å². The van der Waals surface area contributed by atoms with Crippen LogP contribution in [0.1, 0.15) is 10.4 Å². The van der Waals surface area contributed by atoms with Crippen LogP contribution in [0.25, 0.3) is 11.0 Å². The molecule has 1 heterocycles. The number of amides is 3. The summed E-state index contributed by atoms with van der Waals surface area (Å²) in [6, 6.07) is 8.06. The van der Waals surface area contributed by atoms with E-state index in [2.05, 4.69) is 20.6 Å². The molecule has 1 aromatic heterocycles. The van der Waals surface area contributed by atoms with Gasteiger partial charge in [-0.3, -0.25) is 20.1 Å². The third kappa shape index (κ3) is 6.13. The zero-order valence-corrected chi connectivity index (χ0v) is 17.9. The number of nitrogens with one attached hydrogen (secondary N) is 2. The molecule has 0 saturated heterocycles. The summed E-state index contributed by atoms with van der Waals surface area (Å²) in [5.41, 5.74) is 1.67. The van der Waals surface area contributed by atoms with Gasteiger partial charge in [0.2, 0.25) is 0 Å². The second-order valence-corrected chi connectivity index (χ2v) is 5.88. The number of aromatic nitrogens is 2. The second kappa shape index (κ2) is 10.2. The van der Waals surface area contributed by atoms with Crippen LogP contribution in [0, 0.1) is 0 Å². The van der Waals surface area contributed by atoms with Crippen LogP contribution in [-0.4, -0.2) is 34.5 Å². The van der Waals surface area contributed by atoms with E-state index < -0.39 is 24.5 Å². The maximum Gasteiger partial charge on any atom is 1.00 e. The number of anilines is 1. The topological polar surface area (TPSA) is 133 Å². The number of halogens is 1. The number of carbonyl (C=O) groups excluding carboxylic acids is 3. The van der Waals surface area contributed by atoms with Gasteiger partial charge < -0.3 is 20.0 Å². The van der Waals surface area contributed by atoms with Crippen molar-refractivity contribution in [3.8, 4) is 5.75 Å². The van der Waals surface area contributed by atoms with Crippen molar-refractivity contribution < 1.29 is 53.8 Å². The zero-order valence-electron chi connectivity index (χ0n) is 15.1. The van der Waals surface area contributed by atoms with Gasteiger partial charge in [0.05, 0.1) is 22.0 Å². The largest absolute Gasteiger partial charge is 1.00 e. The predicted octanol–water partition coefficient (Wildman–Crippen LogP) is -1.62. The molecule has 0 aliphatic rings. The molecule has 0 aliphatic heterocycles. The van der Waals surface area contributed by atoms with Gasteiger partial charge in [-0.15, -0.1) is 0 Å². The molecular weight excluding hydrogens is 411 g/mol. The molecule has 2 N–H and O–H groups in total. The van der Waals surface area contributed by atoms with Gasteiger partial charge in [-0.05, 0) is 36.4 Å². The van der Waals surface area contributed by atoms with E-state index in [1.807, 2.05) is 0 Å². The molecule has 3 amide bonds. The molecule has 0 atom stereocenters. The fourth-order valence-electron chi connectivity index (χ4n) is 2.27. The Hall–Kier alpha value is -2.72. The number of rotatable bonds is 5. The average Bonchev–Trinajstić information content (AvgIpc) is 2.66. The molecule has 3 rings (SSSR count). The Morgan fingerprint density at radius 3 is 2.45 bits per heavy atom. The van der Waals surface area contributed by atoms with E-state index in [1.165, 1.54) is 42.7 Å². The standard InChI is InChI=1S/C18H13ClN4O5.Na/c19-12-8-11(2-4-15(12)28-9-16(24)25)22-18(27)23-17(26)10-1-3-13-14(7-10)21-6-5-20-13;/h1-8H,9H2,(H,24,25)(H2,22,23,26,27);/q;+1/p-1. The van der Waals surface area contributed by atoms with Gasteiger partial charge >= 0.3 is 35.6 Å². The van der Waals surface area contributed by atoms with Gasteiger partial charge in [0, 0.05) is 23.6 Å². The van der Waals surface area contributed by atoms with Crippen LogP contribution < -0.4 is 50.0 Å². The van der Waals surface area contributed by atoms with Crippen LogP contribution in [0.2, 0.25) is 5.02 Å². The predicted molar refractivity (Wildman–Crippen MR) is 98.0 cm³/mol. The summed E-state index contributed by atoms with van der Waals surface area (Å²) in [5.74, 6) is -1.90. The Kier molecular flexibility index (Phi) is 7.91. The molecule has 0 fully saturated rings. The molecule has 0 bridgehead atoms. The first kappa shape index (κ1) is 22.6. The summed E-state index contributed by atoms with van der Waals surface area (Å²) in [6.45, 7) is -0.655. The summed E-state index contributed by atoms with van der Waals surface area (Å²) < 4.78 is 4.93. The van der Waals surface area contributed by atoms with Crippen LogP contribution in [0.5, 0.6) is 5.75 Å². The minimum absolute atomic E-state index is 0. The van der Waals surface area contributed by atoms with Crippen molar-refractivity contribution in [2.75, 3.05) is 11.9 Å². The number of carboxylic acids is 1. The maximum atomic E-state index is 12.2. The number of hydrogen-bond acceptors (Lipinski definition) is 7. The Morgan fingerprint density at radius 1 is 1.03 bits per heavy atom. The van der Waals surface area contributed by atoms with Crippen LogP contribution >= 0.6 is 11.6 Å². The molecule has 2 aromatic carbocycles. The molecule has 29 heavy (non-hydrogen) atoms. The van der Waals surface area contributed by atoms with E-state index in [1.54, 1.807) is 6.07 Å². The first-order chi connectivity index (χ1) is 13.4. The van der Waals surface area contributed by atoms with Gasteiger partial charge in [-0.2, -0.15) is 0 Å². The number of carbonyl (C=O) groups is 3. The monoisotopic (exact) mass is 422 g/mol. The second-order valence-electron chi connectivity index (χ2n) is 5.47. The van der Waals surface area contributed by atoms with Gasteiger partial charge in [0.25, 0.3) is 5.91 Å². The van der Waals surface area contributed by atoms with E-state index in [0.717, 1.165) is 0 Å². The van der Waals surface area contributed by atoms with Gasteiger partial charge in [-0.1, -0.05) is 11.6 Å². The number of fused-ring (bicyclic) bond motifs is 1. The third-order valence-electron chi connectivity index (χ3n) is 3.49. The van der Waals surface area contributed by atoms with Gasteiger partial charge in [-0.25, -0.2) is 4.79 Å². The number of urea groups is 1.